The fourth-order valence-electron chi connectivity index (χ4n) is 3.61. The molecule has 1 aromatic rings. The minimum absolute atomic E-state index is 0.172. The lowest BCUT2D eigenvalue weighted by atomic mass is 9.66. The summed E-state index contributed by atoms with van der Waals surface area (Å²) >= 11 is 0. The first-order valence-corrected chi connectivity index (χ1v) is 6.85. The van der Waals surface area contributed by atoms with Gasteiger partial charge in [0.15, 0.2) is 11.6 Å². The summed E-state index contributed by atoms with van der Waals surface area (Å²) in [7, 11) is 0. The zero-order chi connectivity index (χ0) is 12.6. The van der Waals surface area contributed by atoms with Gasteiger partial charge in [-0.2, -0.15) is 0 Å². The van der Waals surface area contributed by atoms with Gasteiger partial charge in [0.1, 0.15) is 0 Å². The second-order valence-corrected chi connectivity index (χ2v) is 5.84. The van der Waals surface area contributed by atoms with Crippen molar-refractivity contribution in [3.8, 4) is 0 Å². The summed E-state index contributed by atoms with van der Waals surface area (Å²) in [5, 5.41) is 3.32. The molecule has 1 aliphatic heterocycles. The summed E-state index contributed by atoms with van der Waals surface area (Å²) in [5.41, 5.74) is 0.717. The Morgan fingerprint density at radius 3 is 2.50 bits per heavy atom. The van der Waals surface area contributed by atoms with Crippen molar-refractivity contribution in [1.29, 1.82) is 0 Å². The molecule has 1 aromatic carbocycles. The Hall–Kier alpha value is -0.960. The minimum Gasteiger partial charge on any atom is -0.315 e. The molecule has 0 amide bonds. The third-order valence-electron chi connectivity index (χ3n) is 4.75. The Balaban J connectivity index is 1.83. The van der Waals surface area contributed by atoms with E-state index < -0.39 is 11.6 Å². The third-order valence-corrected chi connectivity index (χ3v) is 4.75. The molecule has 0 spiro atoms. The lowest BCUT2D eigenvalue weighted by Crippen LogP contribution is -2.58. The topological polar surface area (TPSA) is 12.0 Å². The molecule has 1 saturated carbocycles. The number of nitrogens with one attached hydrogen (secondary N) is 1. The SMILES string of the molecule is Fc1cccc(CC2(C3CCCC3)CNC2)c1F. The van der Waals surface area contributed by atoms with Crippen LogP contribution in [0.3, 0.4) is 0 Å². The molecule has 1 N–H and O–H groups in total. The number of rotatable bonds is 3. The van der Waals surface area contributed by atoms with E-state index >= 15 is 0 Å². The van der Waals surface area contributed by atoms with Crippen LogP contribution >= 0.6 is 0 Å². The van der Waals surface area contributed by atoms with Crippen molar-refractivity contribution < 1.29 is 8.78 Å². The first-order valence-electron chi connectivity index (χ1n) is 6.85. The Morgan fingerprint density at radius 1 is 1.17 bits per heavy atom. The molecule has 1 saturated heterocycles. The standard InChI is InChI=1S/C15H19F2N/c16-13-7-3-4-11(14(13)17)8-15(9-18-10-15)12-5-1-2-6-12/h3-4,7,12,18H,1-2,5-6,8-10H2. The van der Waals surface area contributed by atoms with Crippen molar-refractivity contribution in [3.63, 3.8) is 0 Å². The lowest BCUT2D eigenvalue weighted by molar-refractivity contribution is 0.0799. The maximum Gasteiger partial charge on any atom is 0.162 e. The summed E-state index contributed by atoms with van der Waals surface area (Å²) in [4.78, 5) is 0. The van der Waals surface area contributed by atoms with Gasteiger partial charge in [0.25, 0.3) is 0 Å². The predicted octanol–water partition coefficient (Wildman–Crippen LogP) is 3.29. The highest BCUT2D eigenvalue weighted by atomic mass is 19.2. The van der Waals surface area contributed by atoms with Gasteiger partial charge in [0.05, 0.1) is 0 Å². The van der Waals surface area contributed by atoms with E-state index in [9.17, 15) is 8.78 Å². The Labute approximate surface area is 107 Å². The normalized spacial score (nSPS) is 23.0. The summed E-state index contributed by atoms with van der Waals surface area (Å²) in [6, 6.07) is 4.54. The maximum absolute atomic E-state index is 13.8. The van der Waals surface area contributed by atoms with E-state index in [2.05, 4.69) is 5.32 Å². The molecular weight excluding hydrogens is 232 g/mol. The van der Waals surface area contributed by atoms with Crippen LogP contribution in [-0.2, 0) is 6.42 Å². The van der Waals surface area contributed by atoms with Crippen LogP contribution in [0.4, 0.5) is 8.78 Å². The molecule has 98 valence electrons. The van der Waals surface area contributed by atoms with Crippen molar-refractivity contribution in [3.05, 3.63) is 35.4 Å². The summed E-state index contributed by atoms with van der Waals surface area (Å²) < 4.78 is 27.0. The number of hydrogen-bond donors (Lipinski definition) is 1. The van der Waals surface area contributed by atoms with E-state index in [4.69, 9.17) is 0 Å². The molecule has 0 bridgehead atoms. The summed E-state index contributed by atoms with van der Waals surface area (Å²) in [5.74, 6) is -0.690. The third kappa shape index (κ3) is 1.95. The maximum atomic E-state index is 13.8. The average Bonchev–Trinajstić information content (AvgIpc) is 2.83. The molecule has 1 aliphatic carbocycles. The molecule has 0 unspecified atom stereocenters. The monoisotopic (exact) mass is 251 g/mol. The van der Waals surface area contributed by atoms with E-state index in [1.54, 1.807) is 12.1 Å². The van der Waals surface area contributed by atoms with Crippen LogP contribution in [0.15, 0.2) is 18.2 Å². The van der Waals surface area contributed by atoms with E-state index in [-0.39, 0.29) is 5.41 Å². The van der Waals surface area contributed by atoms with E-state index in [1.165, 1.54) is 31.7 Å². The molecule has 0 aromatic heterocycles. The highest BCUT2D eigenvalue weighted by Crippen LogP contribution is 2.45. The zero-order valence-corrected chi connectivity index (χ0v) is 10.5. The quantitative estimate of drug-likeness (QED) is 0.869. The molecule has 1 heterocycles. The molecule has 3 heteroatoms. The Kier molecular flexibility index (Phi) is 3.10. The molecule has 0 radical (unpaired) electrons. The van der Waals surface area contributed by atoms with E-state index in [0.29, 0.717) is 17.9 Å². The highest BCUT2D eigenvalue weighted by Gasteiger charge is 2.45. The van der Waals surface area contributed by atoms with Gasteiger partial charge in [-0.3, -0.25) is 0 Å². The average molecular weight is 251 g/mol. The summed E-state index contributed by atoms with van der Waals surface area (Å²) in [6.45, 7) is 1.90. The van der Waals surface area contributed by atoms with Crippen LogP contribution in [0.5, 0.6) is 0 Å². The van der Waals surface area contributed by atoms with E-state index in [1.807, 2.05) is 0 Å². The van der Waals surface area contributed by atoms with Crippen molar-refractivity contribution in [1.82, 2.24) is 5.32 Å². The number of halogens is 2. The Bertz CT molecular complexity index is 434. The smallest absolute Gasteiger partial charge is 0.162 e. The highest BCUT2D eigenvalue weighted by molar-refractivity contribution is 5.22. The zero-order valence-electron chi connectivity index (χ0n) is 10.5. The molecular formula is C15H19F2N. The fraction of sp³-hybridized carbons (Fsp3) is 0.600. The van der Waals surface area contributed by atoms with Crippen LogP contribution < -0.4 is 5.32 Å². The molecule has 2 fully saturated rings. The van der Waals surface area contributed by atoms with Crippen molar-refractivity contribution >= 4 is 0 Å². The minimum atomic E-state index is -0.721. The molecule has 3 rings (SSSR count). The lowest BCUT2D eigenvalue weighted by Gasteiger charge is -2.47. The van der Waals surface area contributed by atoms with Crippen molar-refractivity contribution in [2.45, 2.75) is 32.1 Å². The van der Waals surface area contributed by atoms with E-state index in [0.717, 1.165) is 13.1 Å². The first kappa shape index (κ1) is 12.1. The van der Waals surface area contributed by atoms with Gasteiger partial charge in [-0.25, -0.2) is 8.78 Å². The molecule has 2 aliphatic rings. The second kappa shape index (κ2) is 4.61. The number of hydrogen-bond acceptors (Lipinski definition) is 1. The van der Waals surface area contributed by atoms with Crippen molar-refractivity contribution in [2.75, 3.05) is 13.1 Å². The van der Waals surface area contributed by atoms with Gasteiger partial charge >= 0.3 is 0 Å². The Morgan fingerprint density at radius 2 is 1.89 bits per heavy atom. The predicted molar refractivity (Wildman–Crippen MR) is 67.3 cm³/mol. The van der Waals surface area contributed by atoms with Crippen molar-refractivity contribution in [2.24, 2.45) is 11.3 Å². The molecule has 0 atom stereocenters. The number of benzene rings is 1. The second-order valence-electron chi connectivity index (χ2n) is 5.84. The van der Waals surface area contributed by atoms with Gasteiger partial charge in [-0.05, 0) is 36.8 Å². The van der Waals surface area contributed by atoms with Gasteiger partial charge < -0.3 is 5.32 Å². The van der Waals surface area contributed by atoms with Gasteiger partial charge in [0, 0.05) is 18.5 Å². The largest absolute Gasteiger partial charge is 0.315 e. The first-order chi connectivity index (χ1) is 8.71. The van der Waals surface area contributed by atoms with Crippen LogP contribution in [0.1, 0.15) is 31.2 Å². The van der Waals surface area contributed by atoms with Gasteiger partial charge in [0.2, 0.25) is 0 Å². The van der Waals surface area contributed by atoms with Crippen LogP contribution in [-0.4, -0.2) is 13.1 Å². The van der Waals surface area contributed by atoms with Gasteiger partial charge in [-0.1, -0.05) is 25.0 Å². The van der Waals surface area contributed by atoms with Crippen LogP contribution in [0.2, 0.25) is 0 Å². The van der Waals surface area contributed by atoms with Gasteiger partial charge in [-0.15, -0.1) is 0 Å². The van der Waals surface area contributed by atoms with Crippen LogP contribution in [0, 0.1) is 23.0 Å². The molecule has 18 heavy (non-hydrogen) atoms. The molecule has 1 nitrogen and oxygen atoms in total. The van der Waals surface area contributed by atoms with Crippen LogP contribution in [0.25, 0.3) is 0 Å². The summed E-state index contributed by atoms with van der Waals surface area (Å²) in [6.07, 6.45) is 5.75. The fourth-order valence-corrected chi connectivity index (χ4v) is 3.61.